The van der Waals surface area contributed by atoms with Crippen molar-refractivity contribution in [3.8, 4) is 0 Å². The van der Waals surface area contributed by atoms with E-state index in [0.717, 1.165) is 5.56 Å². The summed E-state index contributed by atoms with van der Waals surface area (Å²) in [7, 11) is -3.52. The van der Waals surface area contributed by atoms with Gasteiger partial charge in [0.2, 0.25) is 10.0 Å². The SMILES string of the molecule is Cc1ccc(S(=O)(=O)N[C@H]2C[C@H]3CO[C@H](O3)[C@@H]2Br)cc1. The minimum Gasteiger partial charge on any atom is -0.349 e. The Kier molecular flexibility index (Phi) is 3.89. The molecule has 1 aromatic rings. The molecule has 2 heterocycles. The molecule has 20 heavy (non-hydrogen) atoms. The average Bonchev–Trinajstić information content (AvgIpc) is 2.80. The first-order valence-electron chi connectivity index (χ1n) is 6.46. The van der Waals surface area contributed by atoms with Gasteiger partial charge in [0.25, 0.3) is 0 Å². The van der Waals surface area contributed by atoms with E-state index in [-0.39, 0.29) is 28.2 Å². The maximum absolute atomic E-state index is 12.4. The molecule has 2 bridgehead atoms. The smallest absolute Gasteiger partial charge is 0.240 e. The largest absolute Gasteiger partial charge is 0.349 e. The fraction of sp³-hybridized carbons (Fsp3) is 0.538. The molecule has 2 aliphatic heterocycles. The van der Waals surface area contributed by atoms with Crippen LogP contribution < -0.4 is 4.72 Å². The van der Waals surface area contributed by atoms with E-state index < -0.39 is 10.0 Å². The van der Waals surface area contributed by atoms with Crippen molar-refractivity contribution in [2.24, 2.45) is 0 Å². The van der Waals surface area contributed by atoms with Gasteiger partial charge in [-0.25, -0.2) is 13.1 Å². The lowest BCUT2D eigenvalue weighted by Gasteiger charge is -2.31. The minimum absolute atomic E-state index is 0.0282. The van der Waals surface area contributed by atoms with Gasteiger partial charge in [-0.05, 0) is 25.5 Å². The molecule has 110 valence electrons. The first kappa shape index (κ1) is 14.5. The summed E-state index contributed by atoms with van der Waals surface area (Å²) >= 11 is 3.47. The number of benzene rings is 1. The van der Waals surface area contributed by atoms with Crippen LogP contribution in [0.4, 0.5) is 0 Å². The number of halogens is 1. The molecule has 0 aliphatic carbocycles. The van der Waals surface area contributed by atoms with Crippen molar-refractivity contribution in [1.29, 1.82) is 0 Å². The Bertz CT molecular complexity index is 589. The zero-order valence-electron chi connectivity index (χ0n) is 11.0. The minimum atomic E-state index is -3.52. The van der Waals surface area contributed by atoms with Crippen LogP contribution in [0.15, 0.2) is 29.2 Å². The molecular formula is C13H16BrNO4S. The van der Waals surface area contributed by atoms with Crippen LogP contribution in [0.3, 0.4) is 0 Å². The summed E-state index contributed by atoms with van der Waals surface area (Å²) in [6.07, 6.45) is 0.205. The second-order valence-corrected chi connectivity index (χ2v) is 7.95. The number of alkyl halides is 1. The van der Waals surface area contributed by atoms with Gasteiger partial charge in [0.05, 0.1) is 22.4 Å². The van der Waals surface area contributed by atoms with Gasteiger partial charge in [0, 0.05) is 6.04 Å². The zero-order chi connectivity index (χ0) is 14.3. The predicted molar refractivity (Wildman–Crippen MR) is 77.2 cm³/mol. The van der Waals surface area contributed by atoms with E-state index in [0.29, 0.717) is 13.0 Å². The summed E-state index contributed by atoms with van der Waals surface area (Å²) in [6, 6.07) is 6.58. The molecule has 1 aromatic carbocycles. The van der Waals surface area contributed by atoms with E-state index in [1.165, 1.54) is 0 Å². The number of rotatable bonds is 3. The number of hydrogen-bond acceptors (Lipinski definition) is 4. The molecule has 4 atom stereocenters. The molecule has 0 radical (unpaired) electrons. The maximum atomic E-state index is 12.4. The van der Waals surface area contributed by atoms with Gasteiger partial charge >= 0.3 is 0 Å². The Labute approximate surface area is 126 Å². The summed E-state index contributed by atoms with van der Waals surface area (Å²) in [5.74, 6) is 0. The van der Waals surface area contributed by atoms with Crippen LogP contribution in [0, 0.1) is 6.92 Å². The molecule has 1 N–H and O–H groups in total. The molecule has 0 spiro atoms. The fourth-order valence-corrected chi connectivity index (χ4v) is 4.53. The topological polar surface area (TPSA) is 64.6 Å². The standard InChI is InChI=1S/C13H16BrNO4S/c1-8-2-4-10(5-3-8)20(16,17)15-11-6-9-7-18-13(19-9)12(11)14/h2-5,9,11-13,15H,6-7H2,1H3/t9-,11-,12+,13+/m0/s1. The van der Waals surface area contributed by atoms with Crippen molar-refractivity contribution in [1.82, 2.24) is 4.72 Å². The van der Waals surface area contributed by atoms with E-state index in [9.17, 15) is 8.42 Å². The van der Waals surface area contributed by atoms with Crippen LogP contribution in [0.1, 0.15) is 12.0 Å². The van der Waals surface area contributed by atoms with E-state index in [1.54, 1.807) is 24.3 Å². The van der Waals surface area contributed by atoms with Crippen molar-refractivity contribution in [2.45, 2.75) is 41.5 Å². The summed E-state index contributed by atoms with van der Waals surface area (Å²) in [5.41, 5.74) is 1.03. The number of sulfonamides is 1. The van der Waals surface area contributed by atoms with Crippen molar-refractivity contribution < 1.29 is 17.9 Å². The highest BCUT2D eigenvalue weighted by atomic mass is 79.9. The van der Waals surface area contributed by atoms with Crippen LogP contribution in [-0.2, 0) is 19.5 Å². The average molecular weight is 362 g/mol. The van der Waals surface area contributed by atoms with Crippen molar-refractivity contribution in [2.75, 3.05) is 6.61 Å². The van der Waals surface area contributed by atoms with E-state index in [4.69, 9.17) is 9.47 Å². The molecule has 0 amide bonds. The third-order valence-corrected chi connectivity index (χ3v) is 6.15. The van der Waals surface area contributed by atoms with Gasteiger partial charge < -0.3 is 9.47 Å². The molecule has 2 fully saturated rings. The molecule has 3 rings (SSSR count). The van der Waals surface area contributed by atoms with Crippen LogP contribution in [0.25, 0.3) is 0 Å². The van der Waals surface area contributed by atoms with E-state index >= 15 is 0 Å². The highest BCUT2D eigenvalue weighted by Gasteiger charge is 2.44. The lowest BCUT2D eigenvalue weighted by molar-refractivity contribution is -0.0813. The van der Waals surface area contributed by atoms with Crippen LogP contribution in [0.5, 0.6) is 0 Å². The lowest BCUT2D eigenvalue weighted by atomic mass is 10.1. The van der Waals surface area contributed by atoms with Gasteiger partial charge in [-0.2, -0.15) is 0 Å². The first-order chi connectivity index (χ1) is 9.45. The normalized spacial score (nSPS) is 33.3. The molecule has 2 saturated heterocycles. The Balaban J connectivity index is 1.78. The van der Waals surface area contributed by atoms with Gasteiger partial charge in [0.15, 0.2) is 6.29 Å². The molecule has 5 nitrogen and oxygen atoms in total. The number of ether oxygens (including phenoxy) is 2. The summed E-state index contributed by atoms with van der Waals surface area (Å²) in [4.78, 5) is 0.101. The zero-order valence-corrected chi connectivity index (χ0v) is 13.4. The molecule has 0 unspecified atom stereocenters. The molecule has 2 aliphatic rings. The summed E-state index contributed by atoms with van der Waals surface area (Å²) < 4.78 is 38.5. The quantitative estimate of drug-likeness (QED) is 0.829. The summed E-state index contributed by atoms with van der Waals surface area (Å²) in [5, 5.41) is 0. The third kappa shape index (κ3) is 2.78. The van der Waals surface area contributed by atoms with Crippen molar-refractivity contribution >= 4 is 26.0 Å². The first-order valence-corrected chi connectivity index (χ1v) is 8.86. The van der Waals surface area contributed by atoms with Gasteiger partial charge in [-0.15, -0.1) is 0 Å². The van der Waals surface area contributed by atoms with Crippen LogP contribution in [-0.4, -0.2) is 38.3 Å². The maximum Gasteiger partial charge on any atom is 0.240 e. The summed E-state index contributed by atoms with van der Waals surface area (Å²) in [6.45, 7) is 2.45. The Morgan fingerprint density at radius 3 is 2.70 bits per heavy atom. The monoisotopic (exact) mass is 361 g/mol. The Morgan fingerprint density at radius 2 is 2.00 bits per heavy atom. The predicted octanol–water partition coefficient (Wildman–Crippen LogP) is 1.55. The molecule has 0 aromatic heterocycles. The second kappa shape index (κ2) is 5.38. The Morgan fingerprint density at radius 1 is 1.30 bits per heavy atom. The highest BCUT2D eigenvalue weighted by molar-refractivity contribution is 9.09. The van der Waals surface area contributed by atoms with Crippen molar-refractivity contribution in [3.63, 3.8) is 0 Å². The second-order valence-electron chi connectivity index (χ2n) is 5.18. The highest BCUT2D eigenvalue weighted by Crippen LogP contribution is 2.32. The molecular weight excluding hydrogens is 346 g/mol. The number of nitrogens with one attached hydrogen (secondary N) is 1. The molecule has 0 saturated carbocycles. The fourth-order valence-electron chi connectivity index (χ4n) is 2.46. The van der Waals surface area contributed by atoms with E-state index in [1.807, 2.05) is 6.92 Å². The number of fused-ring (bicyclic) bond motifs is 2. The molecule has 7 heteroatoms. The van der Waals surface area contributed by atoms with Crippen LogP contribution >= 0.6 is 15.9 Å². The lowest BCUT2D eigenvalue weighted by Crippen LogP contribution is -2.50. The van der Waals surface area contributed by atoms with Gasteiger partial charge in [-0.3, -0.25) is 0 Å². The third-order valence-electron chi connectivity index (χ3n) is 3.57. The van der Waals surface area contributed by atoms with E-state index in [2.05, 4.69) is 20.7 Å². The van der Waals surface area contributed by atoms with Gasteiger partial charge in [-0.1, -0.05) is 33.6 Å². The Hall–Kier alpha value is -0.470. The van der Waals surface area contributed by atoms with Gasteiger partial charge in [0.1, 0.15) is 0 Å². The number of aryl methyl sites for hydroxylation is 1. The number of hydrogen-bond donors (Lipinski definition) is 1. The van der Waals surface area contributed by atoms with Crippen molar-refractivity contribution in [3.05, 3.63) is 29.8 Å². The van der Waals surface area contributed by atoms with Crippen LogP contribution in [0.2, 0.25) is 0 Å².